The molecule has 0 saturated heterocycles. The molecule has 0 bridgehead atoms. The number of hydrogen-bond donors (Lipinski definition) is 3. The van der Waals surface area contributed by atoms with E-state index < -0.39 is 0 Å². The molecule has 0 aromatic heterocycles. The highest BCUT2D eigenvalue weighted by Gasteiger charge is 2.04. The van der Waals surface area contributed by atoms with Gasteiger partial charge in [0.05, 0.1) is 0 Å². The summed E-state index contributed by atoms with van der Waals surface area (Å²) in [5, 5.41) is 15.1. The summed E-state index contributed by atoms with van der Waals surface area (Å²) < 4.78 is 1.03. The van der Waals surface area contributed by atoms with Crippen LogP contribution < -0.4 is 11.1 Å². The van der Waals surface area contributed by atoms with Crippen LogP contribution in [0.2, 0.25) is 0 Å². The average molecular weight is 334 g/mol. The van der Waals surface area contributed by atoms with Crippen molar-refractivity contribution in [2.75, 3.05) is 5.32 Å². The first-order chi connectivity index (χ1) is 9.61. The third kappa shape index (κ3) is 3.30. The normalized spacial score (nSPS) is 11.4. The van der Waals surface area contributed by atoms with Crippen molar-refractivity contribution in [3.63, 3.8) is 0 Å². The van der Waals surface area contributed by atoms with E-state index in [2.05, 4.69) is 26.4 Å². The number of amidine groups is 1. The van der Waals surface area contributed by atoms with Gasteiger partial charge in [0.1, 0.15) is 0 Å². The summed E-state index contributed by atoms with van der Waals surface area (Å²) in [5.74, 6) is 0.124. The minimum Gasteiger partial charge on any atom is -0.409 e. The van der Waals surface area contributed by atoms with E-state index in [-0.39, 0.29) is 5.84 Å². The first-order valence-electron chi connectivity index (χ1n) is 6.17. The van der Waals surface area contributed by atoms with Crippen molar-refractivity contribution in [1.29, 1.82) is 0 Å². The van der Waals surface area contributed by atoms with E-state index in [0.29, 0.717) is 6.54 Å². The Morgan fingerprint density at radius 1 is 1.30 bits per heavy atom. The van der Waals surface area contributed by atoms with Gasteiger partial charge < -0.3 is 16.3 Å². The molecule has 0 aliphatic rings. The number of para-hydroxylation sites is 1. The molecule has 0 atom stereocenters. The van der Waals surface area contributed by atoms with Gasteiger partial charge >= 0.3 is 0 Å². The maximum Gasteiger partial charge on any atom is 0.170 e. The summed E-state index contributed by atoms with van der Waals surface area (Å²) in [4.78, 5) is 0. The molecule has 0 spiro atoms. The molecule has 20 heavy (non-hydrogen) atoms. The Balaban J connectivity index is 2.13. The van der Waals surface area contributed by atoms with Crippen molar-refractivity contribution >= 4 is 27.5 Å². The van der Waals surface area contributed by atoms with Crippen molar-refractivity contribution in [2.45, 2.75) is 13.5 Å². The van der Waals surface area contributed by atoms with E-state index in [1.54, 1.807) is 0 Å². The van der Waals surface area contributed by atoms with Gasteiger partial charge in [0.15, 0.2) is 5.84 Å². The molecule has 0 saturated carbocycles. The molecule has 0 unspecified atom stereocenters. The van der Waals surface area contributed by atoms with E-state index in [1.807, 2.05) is 49.4 Å². The van der Waals surface area contributed by atoms with Gasteiger partial charge in [-0.1, -0.05) is 29.4 Å². The molecule has 104 valence electrons. The first-order valence-corrected chi connectivity index (χ1v) is 6.97. The zero-order valence-electron chi connectivity index (χ0n) is 11.1. The maximum atomic E-state index is 8.68. The number of nitrogens with two attached hydrogens (primary N) is 1. The van der Waals surface area contributed by atoms with Crippen molar-refractivity contribution in [1.82, 2.24) is 0 Å². The number of hydrogen-bond acceptors (Lipinski definition) is 3. The second kappa shape index (κ2) is 6.43. The Bertz CT molecular complexity index is 641. The SMILES string of the molecule is Cc1cc(/C(N)=N/O)ccc1CNc1ccccc1Br. The predicted octanol–water partition coefficient (Wildman–Crippen LogP) is 3.46. The second-order valence-electron chi connectivity index (χ2n) is 4.46. The monoisotopic (exact) mass is 333 g/mol. The highest BCUT2D eigenvalue weighted by Crippen LogP contribution is 2.22. The summed E-state index contributed by atoms with van der Waals surface area (Å²) in [6, 6.07) is 13.7. The van der Waals surface area contributed by atoms with Crippen LogP contribution in [-0.4, -0.2) is 11.0 Å². The lowest BCUT2D eigenvalue weighted by molar-refractivity contribution is 0.318. The van der Waals surface area contributed by atoms with Gasteiger partial charge in [-0.15, -0.1) is 0 Å². The number of halogens is 1. The van der Waals surface area contributed by atoms with Gasteiger partial charge in [-0.2, -0.15) is 0 Å². The topological polar surface area (TPSA) is 70.6 Å². The lowest BCUT2D eigenvalue weighted by Crippen LogP contribution is -2.13. The lowest BCUT2D eigenvalue weighted by Gasteiger charge is -2.11. The van der Waals surface area contributed by atoms with E-state index in [0.717, 1.165) is 26.9 Å². The summed E-state index contributed by atoms with van der Waals surface area (Å²) in [6.07, 6.45) is 0. The molecular formula is C15H16BrN3O. The molecule has 0 fully saturated rings. The van der Waals surface area contributed by atoms with Crippen LogP contribution in [-0.2, 0) is 6.54 Å². The molecule has 4 nitrogen and oxygen atoms in total. The molecule has 4 N–H and O–H groups in total. The maximum absolute atomic E-state index is 8.68. The molecule has 2 aromatic rings. The highest BCUT2D eigenvalue weighted by molar-refractivity contribution is 9.10. The van der Waals surface area contributed by atoms with Crippen LogP contribution in [0.15, 0.2) is 52.1 Å². The van der Waals surface area contributed by atoms with Crippen LogP contribution in [0.1, 0.15) is 16.7 Å². The zero-order chi connectivity index (χ0) is 14.5. The zero-order valence-corrected chi connectivity index (χ0v) is 12.7. The smallest absolute Gasteiger partial charge is 0.170 e. The summed E-state index contributed by atoms with van der Waals surface area (Å²) in [6.45, 7) is 2.72. The lowest BCUT2D eigenvalue weighted by atomic mass is 10.0. The van der Waals surface area contributed by atoms with Crippen LogP contribution in [0.25, 0.3) is 0 Å². The van der Waals surface area contributed by atoms with Crippen LogP contribution >= 0.6 is 15.9 Å². The Morgan fingerprint density at radius 2 is 2.05 bits per heavy atom. The first kappa shape index (κ1) is 14.4. The molecule has 0 radical (unpaired) electrons. The van der Waals surface area contributed by atoms with Crippen LogP contribution in [0, 0.1) is 6.92 Å². The fourth-order valence-electron chi connectivity index (χ4n) is 1.91. The molecule has 0 amide bonds. The van der Waals surface area contributed by atoms with Gasteiger partial charge in [0.25, 0.3) is 0 Å². The van der Waals surface area contributed by atoms with Gasteiger partial charge in [-0.25, -0.2) is 0 Å². The summed E-state index contributed by atoms with van der Waals surface area (Å²) >= 11 is 3.51. The number of nitrogens with zero attached hydrogens (tertiary/aromatic N) is 1. The minimum absolute atomic E-state index is 0.124. The number of oxime groups is 1. The third-order valence-corrected chi connectivity index (χ3v) is 3.78. The van der Waals surface area contributed by atoms with Gasteiger partial charge in [0.2, 0.25) is 0 Å². The predicted molar refractivity (Wildman–Crippen MR) is 85.2 cm³/mol. The Hall–Kier alpha value is -2.01. The molecule has 0 heterocycles. The largest absolute Gasteiger partial charge is 0.409 e. The number of rotatable bonds is 4. The molecule has 2 rings (SSSR count). The Labute approximate surface area is 126 Å². The Kier molecular flexibility index (Phi) is 4.63. The van der Waals surface area contributed by atoms with Gasteiger partial charge in [-0.3, -0.25) is 0 Å². The van der Waals surface area contributed by atoms with Crippen LogP contribution in [0.5, 0.6) is 0 Å². The Morgan fingerprint density at radius 3 is 2.70 bits per heavy atom. The molecular weight excluding hydrogens is 318 g/mol. The fourth-order valence-corrected chi connectivity index (χ4v) is 2.33. The highest BCUT2D eigenvalue weighted by atomic mass is 79.9. The van der Waals surface area contributed by atoms with Crippen molar-refractivity contribution in [3.8, 4) is 0 Å². The van der Waals surface area contributed by atoms with Crippen molar-refractivity contribution in [3.05, 3.63) is 63.6 Å². The van der Waals surface area contributed by atoms with Crippen LogP contribution in [0.3, 0.4) is 0 Å². The van der Waals surface area contributed by atoms with Crippen molar-refractivity contribution in [2.24, 2.45) is 10.9 Å². The van der Waals surface area contributed by atoms with Crippen molar-refractivity contribution < 1.29 is 5.21 Å². The standard InChI is InChI=1S/C15H16BrN3O/c1-10-8-11(15(17)19-20)6-7-12(10)9-18-14-5-3-2-4-13(14)16/h2-8,18,20H,9H2,1H3,(H2,17,19). The summed E-state index contributed by atoms with van der Waals surface area (Å²) in [5.41, 5.74) is 9.60. The number of benzene rings is 2. The quantitative estimate of drug-likeness (QED) is 0.347. The third-order valence-electron chi connectivity index (χ3n) is 3.09. The minimum atomic E-state index is 0.124. The average Bonchev–Trinajstić information content (AvgIpc) is 2.46. The number of anilines is 1. The van der Waals surface area contributed by atoms with Crippen LogP contribution in [0.4, 0.5) is 5.69 Å². The van der Waals surface area contributed by atoms with E-state index in [1.165, 1.54) is 0 Å². The molecule has 2 aromatic carbocycles. The van der Waals surface area contributed by atoms with Gasteiger partial charge in [-0.05, 0) is 52.2 Å². The second-order valence-corrected chi connectivity index (χ2v) is 5.31. The molecule has 5 heteroatoms. The fraction of sp³-hybridized carbons (Fsp3) is 0.133. The molecule has 0 aliphatic carbocycles. The van der Waals surface area contributed by atoms with E-state index in [9.17, 15) is 0 Å². The summed E-state index contributed by atoms with van der Waals surface area (Å²) in [7, 11) is 0. The number of aryl methyl sites for hydroxylation is 1. The van der Waals surface area contributed by atoms with Gasteiger partial charge in [0, 0.05) is 22.3 Å². The molecule has 0 aliphatic heterocycles. The van der Waals surface area contributed by atoms with E-state index in [4.69, 9.17) is 10.9 Å². The van der Waals surface area contributed by atoms with E-state index >= 15 is 0 Å². The number of nitrogens with one attached hydrogen (secondary N) is 1.